The number of hydrogen-bond acceptors (Lipinski definition) is 3. The molecule has 3 heteroatoms. The van der Waals surface area contributed by atoms with Gasteiger partial charge in [0.05, 0.1) is 5.54 Å². The first-order valence-corrected chi connectivity index (χ1v) is 11.0. The SMILES string of the molecule is CC1N(Cc2ccccc2)CCC1(CN)N(Cc1ccccc1)Cc1ccccc1. The van der Waals surface area contributed by atoms with Crippen LogP contribution >= 0.6 is 0 Å². The van der Waals surface area contributed by atoms with Crippen molar-refractivity contribution < 1.29 is 0 Å². The zero-order valence-corrected chi connectivity index (χ0v) is 18.0. The lowest BCUT2D eigenvalue weighted by molar-refractivity contribution is 0.0445. The Kier molecular flexibility index (Phi) is 6.63. The van der Waals surface area contributed by atoms with E-state index in [9.17, 15) is 0 Å². The zero-order chi connectivity index (χ0) is 20.8. The average molecular weight is 400 g/mol. The summed E-state index contributed by atoms with van der Waals surface area (Å²) < 4.78 is 0. The average Bonchev–Trinajstić information content (AvgIpc) is 3.12. The van der Waals surface area contributed by atoms with Gasteiger partial charge in [0.2, 0.25) is 0 Å². The van der Waals surface area contributed by atoms with Gasteiger partial charge in [-0.1, -0.05) is 91.0 Å². The highest BCUT2D eigenvalue weighted by Crippen LogP contribution is 2.36. The molecule has 3 nitrogen and oxygen atoms in total. The molecule has 30 heavy (non-hydrogen) atoms. The second-order valence-corrected chi connectivity index (χ2v) is 8.52. The van der Waals surface area contributed by atoms with E-state index in [-0.39, 0.29) is 5.54 Å². The largest absolute Gasteiger partial charge is 0.329 e. The van der Waals surface area contributed by atoms with Crippen LogP contribution in [-0.4, -0.2) is 34.5 Å². The molecule has 2 unspecified atom stereocenters. The highest BCUT2D eigenvalue weighted by atomic mass is 15.3. The molecule has 3 aromatic carbocycles. The molecular formula is C27H33N3. The molecular weight excluding hydrogens is 366 g/mol. The lowest BCUT2D eigenvalue weighted by atomic mass is 9.87. The van der Waals surface area contributed by atoms with Crippen LogP contribution in [0.2, 0.25) is 0 Å². The van der Waals surface area contributed by atoms with Crippen molar-refractivity contribution in [2.45, 2.75) is 44.6 Å². The lowest BCUT2D eigenvalue weighted by Crippen LogP contribution is -2.59. The summed E-state index contributed by atoms with van der Waals surface area (Å²) in [5.41, 5.74) is 10.6. The van der Waals surface area contributed by atoms with Crippen molar-refractivity contribution in [1.29, 1.82) is 0 Å². The van der Waals surface area contributed by atoms with Crippen molar-refractivity contribution in [3.8, 4) is 0 Å². The minimum Gasteiger partial charge on any atom is -0.329 e. The summed E-state index contributed by atoms with van der Waals surface area (Å²) in [6.45, 7) is 6.92. The van der Waals surface area contributed by atoms with E-state index in [2.05, 4.69) is 108 Å². The molecule has 0 spiro atoms. The maximum absolute atomic E-state index is 6.55. The van der Waals surface area contributed by atoms with Gasteiger partial charge in [0.15, 0.2) is 0 Å². The first kappa shape index (κ1) is 20.8. The first-order valence-electron chi connectivity index (χ1n) is 11.0. The fourth-order valence-corrected chi connectivity index (χ4v) is 4.92. The summed E-state index contributed by atoms with van der Waals surface area (Å²) in [7, 11) is 0. The third kappa shape index (κ3) is 4.49. The molecule has 0 bridgehead atoms. The molecule has 0 saturated carbocycles. The molecule has 0 amide bonds. The second-order valence-electron chi connectivity index (χ2n) is 8.52. The minimum atomic E-state index is -0.0412. The molecule has 2 atom stereocenters. The lowest BCUT2D eigenvalue weighted by Gasteiger charge is -2.45. The monoisotopic (exact) mass is 399 g/mol. The summed E-state index contributed by atoms with van der Waals surface area (Å²) in [6, 6.07) is 32.8. The smallest absolute Gasteiger partial charge is 0.0503 e. The van der Waals surface area contributed by atoms with Gasteiger partial charge in [-0.3, -0.25) is 9.80 Å². The Morgan fingerprint density at radius 3 is 1.73 bits per heavy atom. The van der Waals surface area contributed by atoms with Crippen LogP contribution in [0.3, 0.4) is 0 Å². The van der Waals surface area contributed by atoms with Crippen molar-refractivity contribution in [1.82, 2.24) is 9.80 Å². The van der Waals surface area contributed by atoms with Gasteiger partial charge >= 0.3 is 0 Å². The molecule has 4 rings (SSSR count). The van der Waals surface area contributed by atoms with Crippen LogP contribution in [0.4, 0.5) is 0 Å². The summed E-state index contributed by atoms with van der Waals surface area (Å²) in [5, 5.41) is 0. The number of nitrogens with two attached hydrogens (primary N) is 1. The van der Waals surface area contributed by atoms with E-state index in [1.54, 1.807) is 0 Å². The Labute approximate surface area is 181 Å². The van der Waals surface area contributed by atoms with Crippen molar-refractivity contribution in [3.05, 3.63) is 108 Å². The Balaban J connectivity index is 1.61. The zero-order valence-electron chi connectivity index (χ0n) is 18.0. The molecule has 1 aliphatic rings. The molecule has 1 saturated heterocycles. The second kappa shape index (κ2) is 9.57. The fraction of sp³-hybridized carbons (Fsp3) is 0.333. The maximum atomic E-state index is 6.55. The highest BCUT2D eigenvalue weighted by molar-refractivity contribution is 5.21. The molecule has 0 aromatic heterocycles. The van der Waals surface area contributed by atoms with Crippen LogP contribution in [0.5, 0.6) is 0 Å². The van der Waals surface area contributed by atoms with Gasteiger partial charge in [-0.15, -0.1) is 0 Å². The van der Waals surface area contributed by atoms with E-state index in [4.69, 9.17) is 5.73 Å². The van der Waals surface area contributed by atoms with E-state index >= 15 is 0 Å². The molecule has 1 fully saturated rings. The van der Waals surface area contributed by atoms with Gasteiger partial charge in [-0.2, -0.15) is 0 Å². The standard InChI is InChI=1S/C27H33N3/c1-23-27(22-28,17-18-29(23)19-24-11-5-2-6-12-24)30(20-25-13-7-3-8-14-25)21-26-15-9-4-10-16-26/h2-16,23H,17-22,28H2,1H3. The van der Waals surface area contributed by atoms with Crippen molar-refractivity contribution in [2.75, 3.05) is 13.1 Å². The van der Waals surface area contributed by atoms with Crippen LogP contribution < -0.4 is 5.73 Å². The fourth-order valence-electron chi connectivity index (χ4n) is 4.92. The minimum absolute atomic E-state index is 0.0412. The summed E-state index contributed by atoms with van der Waals surface area (Å²) in [6.07, 6.45) is 1.09. The van der Waals surface area contributed by atoms with E-state index in [1.807, 2.05) is 0 Å². The molecule has 0 radical (unpaired) electrons. The van der Waals surface area contributed by atoms with Gasteiger partial charge in [0.25, 0.3) is 0 Å². The molecule has 156 valence electrons. The van der Waals surface area contributed by atoms with Crippen LogP contribution in [0.25, 0.3) is 0 Å². The predicted molar refractivity (Wildman–Crippen MR) is 125 cm³/mol. The molecule has 3 aromatic rings. The number of nitrogens with zero attached hydrogens (tertiary/aromatic N) is 2. The predicted octanol–water partition coefficient (Wildman–Crippen LogP) is 4.68. The topological polar surface area (TPSA) is 32.5 Å². The van der Waals surface area contributed by atoms with Crippen molar-refractivity contribution in [3.63, 3.8) is 0 Å². The quantitative estimate of drug-likeness (QED) is 0.597. The first-order chi connectivity index (χ1) is 14.7. The van der Waals surface area contributed by atoms with Crippen LogP contribution in [0.15, 0.2) is 91.0 Å². The van der Waals surface area contributed by atoms with E-state index in [0.29, 0.717) is 12.6 Å². The maximum Gasteiger partial charge on any atom is 0.0503 e. The molecule has 1 heterocycles. The molecule has 0 aliphatic carbocycles. The Morgan fingerprint density at radius 1 is 0.800 bits per heavy atom. The Bertz CT molecular complexity index is 856. The van der Waals surface area contributed by atoms with Gasteiger partial charge in [0, 0.05) is 38.8 Å². The van der Waals surface area contributed by atoms with E-state index in [1.165, 1.54) is 16.7 Å². The number of rotatable bonds is 8. The van der Waals surface area contributed by atoms with Gasteiger partial charge < -0.3 is 5.73 Å². The number of hydrogen-bond donors (Lipinski definition) is 1. The normalized spacial score (nSPS) is 21.9. The third-order valence-electron chi connectivity index (χ3n) is 6.80. The van der Waals surface area contributed by atoms with E-state index < -0.39 is 0 Å². The Morgan fingerprint density at radius 2 is 1.27 bits per heavy atom. The van der Waals surface area contributed by atoms with Crippen LogP contribution in [0.1, 0.15) is 30.0 Å². The Hall–Kier alpha value is -2.46. The molecule has 1 aliphatic heterocycles. The number of likely N-dealkylation sites (tertiary alicyclic amines) is 1. The third-order valence-corrected chi connectivity index (χ3v) is 6.80. The highest BCUT2D eigenvalue weighted by Gasteiger charge is 2.47. The van der Waals surface area contributed by atoms with Crippen LogP contribution in [-0.2, 0) is 19.6 Å². The van der Waals surface area contributed by atoms with E-state index in [0.717, 1.165) is 32.6 Å². The summed E-state index contributed by atoms with van der Waals surface area (Å²) in [4.78, 5) is 5.23. The summed E-state index contributed by atoms with van der Waals surface area (Å²) in [5.74, 6) is 0. The van der Waals surface area contributed by atoms with Gasteiger partial charge in [0.1, 0.15) is 0 Å². The van der Waals surface area contributed by atoms with Crippen LogP contribution in [0, 0.1) is 0 Å². The molecule has 2 N–H and O–H groups in total. The van der Waals surface area contributed by atoms with Crippen molar-refractivity contribution in [2.24, 2.45) is 5.73 Å². The van der Waals surface area contributed by atoms with Gasteiger partial charge in [-0.05, 0) is 30.0 Å². The van der Waals surface area contributed by atoms with Gasteiger partial charge in [-0.25, -0.2) is 0 Å². The van der Waals surface area contributed by atoms with Crippen molar-refractivity contribution >= 4 is 0 Å². The summed E-state index contributed by atoms with van der Waals surface area (Å²) >= 11 is 0. The number of benzene rings is 3.